The summed E-state index contributed by atoms with van der Waals surface area (Å²) in [5.74, 6) is -0.311. The zero-order chi connectivity index (χ0) is 13.7. The zero-order valence-electron chi connectivity index (χ0n) is 10.7. The fraction of sp³-hybridized carbons (Fsp3) is 0.462. The average molecular weight is 273 g/mol. The molecule has 0 fully saturated rings. The molecular formula is C13H17ClO4. The molecule has 5 heteroatoms. The molecule has 0 unspecified atom stereocenters. The number of hydrogen-bond donors (Lipinski definition) is 1. The predicted octanol–water partition coefficient (Wildman–Crippen LogP) is 3.61. The van der Waals surface area contributed by atoms with Gasteiger partial charge in [-0.1, -0.05) is 25.4 Å². The Bertz CT molecular complexity index is 427. The van der Waals surface area contributed by atoms with Gasteiger partial charge in [-0.25, -0.2) is 4.79 Å². The van der Waals surface area contributed by atoms with E-state index in [1.807, 2.05) is 13.8 Å². The van der Waals surface area contributed by atoms with Crippen LogP contribution in [-0.2, 0) is 0 Å². The van der Waals surface area contributed by atoms with Gasteiger partial charge < -0.3 is 14.6 Å². The lowest BCUT2D eigenvalue weighted by molar-refractivity contribution is 0.0696. The lowest BCUT2D eigenvalue weighted by Crippen LogP contribution is -2.14. The molecule has 0 saturated heterocycles. The first-order valence-corrected chi connectivity index (χ1v) is 6.18. The summed E-state index contributed by atoms with van der Waals surface area (Å²) in [5.41, 5.74) is 0.0775. The van der Waals surface area contributed by atoms with Crippen LogP contribution in [0, 0.1) is 0 Å². The average Bonchev–Trinajstić information content (AvgIpc) is 2.36. The Kier molecular flexibility index (Phi) is 5.28. The lowest BCUT2D eigenvalue weighted by atomic mass is 10.2. The summed E-state index contributed by atoms with van der Waals surface area (Å²) in [6.45, 7) is 4.03. The van der Waals surface area contributed by atoms with Crippen LogP contribution >= 0.6 is 11.6 Å². The zero-order valence-corrected chi connectivity index (χ0v) is 11.5. The van der Waals surface area contributed by atoms with Gasteiger partial charge in [0, 0.05) is 0 Å². The first-order chi connectivity index (χ1) is 8.53. The Balaban J connectivity index is 3.14. The first-order valence-electron chi connectivity index (χ1n) is 5.80. The van der Waals surface area contributed by atoms with Gasteiger partial charge in [0.15, 0.2) is 11.5 Å². The summed E-state index contributed by atoms with van der Waals surface area (Å²) in [6.07, 6.45) is 1.72. The molecule has 1 rings (SSSR count). The number of methoxy groups -OCH3 is 1. The van der Waals surface area contributed by atoms with Gasteiger partial charge in [0.1, 0.15) is 0 Å². The number of carboxylic acid groups (broad SMARTS) is 1. The number of ether oxygens (including phenoxy) is 2. The van der Waals surface area contributed by atoms with Gasteiger partial charge in [0.25, 0.3) is 0 Å². The third-order valence-electron chi connectivity index (χ3n) is 2.67. The molecule has 1 N–H and O–H groups in total. The normalized spacial score (nSPS) is 10.5. The molecule has 0 aliphatic heterocycles. The molecule has 0 aliphatic rings. The Labute approximate surface area is 111 Å². The third-order valence-corrected chi connectivity index (χ3v) is 2.95. The van der Waals surface area contributed by atoms with E-state index in [0.29, 0.717) is 11.5 Å². The molecule has 0 saturated carbocycles. The highest BCUT2D eigenvalue weighted by Gasteiger charge is 2.17. The summed E-state index contributed by atoms with van der Waals surface area (Å²) in [6, 6.07) is 2.77. The first kappa shape index (κ1) is 14.6. The van der Waals surface area contributed by atoms with E-state index in [1.165, 1.54) is 19.2 Å². The van der Waals surface area contributed by atoms with Gasteiger partial charge in [-0.15, -0.1) is 0 Å². The second-order valence-corrected chi connectivity index (χ2v) is 4.26. The molecule has 100 valence electrons. The van der Waals surface area contributed by atoms with Crippen LogP contribution in [0.2, 0.25) is 5.02 Å². The molecule has 18 heavy (non-hydrogen) atoms. The van der Waals surface area contributed by atoms with Crippen molar-refractivity contribution in [2.24, 2.45) is 0 Å². The highest BCUT2D eigenvalue weighted by atomic mass is 35.5. The van der Waals surface area contributed by atoms with Crippen LogP contribution in [0.15, 0.2) is 12.1 Å². The Morgan fingerprint density at radius 2 is 2.00 bits per heavy atom. The molecule has 0 amide bonds. The lowest BCUT2D eigenvalue weighted by Gasteiger charge is -2.19. The Hall–Kier alpha value is -1.42. The minimum Gasteiger partial charge on any atom is -0.493 e. The molecule has 0 bridgehead atoms. The van der Waals surface area contributed by atoms with Crippen LogP contribution in [0.5, 0.6) is 11.5 Å². The van der Waals surface area contributed by atoms with Crippen LogP contribution in [-0.4, -0.2) is 24.3 Å². The molecular weight excluding hydrogens is 256 g/mol. The molecule has 1 aromatic rings. The maximum Gasteiger partial charge on any atom is 0.335 e. The van der Waals surface area contributed by atoms with Crippen LogP contribution in [0.4, 0.5) is 0 Å². The standard InChI is InChI=1S/C13H17ClO4/c1-4-9(5-2)18-12-10(14)6-8(13(15)16)7-11(12)17-3/h6-7,9H,4-5H2,1-3H3,(H,15,16). The van der Waals surface area contributed by atoms with Crippen molar-refractivity contribution in [1.82, 2.24) is 0 Å². The van der Waals surface area contributed by atoms with Crippen molar-refractivity contribution in [3.63, 3.8) is 0 Å². The van der Waals surface area contributed by atoms with Crippen LogP contribution in [0.1, 0.15) is 37.0 Å². The summed E-state index contributed by atoms with van der Waals surface area (Å²) >= 11 is 6.05. The number of aromatic carboxylic acids is 1. The number of rotatable bonds is 6. The predicted molar refractivity (Wildman–Crippen MR) is 70.0 cm³/mol. The number of carboxylic acids is 1. The van der Waals surface area contributed by atoms with Gasteiger partial charge >= 0.3 is 5.97 Å². The molecule has 0 aromatic heterocycles. The Morgan fingerprint density at radius 3 is 2.44 bits per heavy atom. The van der Waals surface area contributed by atoms with Crippen molar-refractivity contribution in [2.75, 3.05) is 7.11 Å². The summed E-state index contributed by atoms with van der Waals surface area (Å²) in [4.78, 5) is 10.9. The van der Waals surface area contributed by atoms with E-state index >= 15 is 0 Å². The monoisotopic (exact) mass is 272 g/mol. The highest BCUT2D eigenvalue weighted by Crippen LogP contribution is 2.37. The quantitative estimate of drug-likeness (QED) is 0.859. The molecule has 1 aromatic carbocycles. The van der Waals surface area contributed by atoms with Crippen molar-refractivity contribution in [1.29, 1.82) is 0 Å². The number of benzene rings is 1. The fourth-order valence-corrected chi connectivity index (χ4v) is 1.83. The van der Waals surface area contributed by atoms with Gasteiger partial charge in [-0.3, -0.25) is 0 Å². The molecule has 0 heterocycles. The fourth-order valence-electron chi connectivity index (χ4n) is 1.58. The summed E-state index contributed by atoms with van der Waals surface area (Å²) in [5, 5.41) is 9.19. The SMILES string of the molecule is CCC(CC)Oc1c(Cl)cc(C(=O)O)cc1OC. The van der Waals surface area contributed by atoms with E-state index in [4.69, 9.17) is 26.2 Å². The molecule has 0 aliphatic carbocycles. The van der Waals surface area contributed by atoms with E-state index in [1.54, 1.807) is 0 Å². The van der Waals surface area contributed by atoms with E-state index < -0.39 is 5.97 Å². The molecule has 4 nitrogen and oxygen atoms in total. The van der Waals surface area contributed by atoms with Crippen LogP contribution in [0.25, 0.3) is 0 Å². The smallest absolute Gasteiger partial charge is 0.335 e. The van der Waals surface area contributed by atoms with Crippen molar-refractivity contribution in [3.8, 4) is 11.5 Å². The van der Waals surface area contributed by atoms with Gasteiger partial charge in [0.05, 0.1) is 23.8 Å². The number of carbonyl (C=O) groups is 1. The van der Waals surface area contributed by atoms with Gasteiger partial charge in [-0.05, 0) is 25.0 Å². The van der Waals surface area contributed by atoms with Crippen molar-refractivity contribution in [2.45, 2.75) is 32.8 Å². The maximum atomic E-state index is 10.9. The van der Waals surface area contributed by atoms with Crippen LogP contribution < -0.4 is 9.47 Å². The highest BCUT2D eigenvalue weighted by molar-refractivity contribution is 6.32. The second-order valence-electron chi connectivity index (χ2n) is 3.85. The van der Waals surface area contributed by atoms with Crippen molar-refractivity contribution in [3.05, 3.63) is 22.7 Å². The number of hydrogen-bond acceptors (Lipinski definition) is 3. The number of halogens is 1. The van der Waals surface area contributed by atoms with Crippen LogP contribution in [0.3, 0.4) is 0 Å². The minimum atomic E-state index is -1.05. The van der Waals surface area contributed by atoms with E-state index in [-0.39, 0.29) is 16.7 Å². The topological polar surface area (TPSA) is 55.8 Å². The summed E-state index contributed by atoms with van der Waals surface area (Å²) < 4.78 is 10.9. The van der Waals surface area contributed by atoms with E-state index in [0.717, 1.165) is 12.8 Å². The van der Waals surface area contributed by atoms with E-state index in [9.17, 15) is 4.79 Å². The van der Waals surface area contributed by atoms with Gasteiger partial charge in [0.2, 0.25) is 0 Å². The Morgan fingerprint density at radius 1 is 1.39 bits per heavy atom. The third kappa shape index (κ3) is 3.29. The molecule has 0 atom stereocenters. The van der Waals surface area contributed by atoms with E-state index in [2.05, 4.69) is 0 Å². The van der Waals surface area contributed by atoms with Gasteiger partial charge in [-0.2, -0.15) is 0 Å². The largest absolute Gasteiger partial charge is 0.493 e. The molecule has 0 radical (unpaired) electrons. The maximum absolute atomic E-state index is 10.9. The van der Waals surface area contributed by atoms with Crippen molar-refractivity contribution < 1.29 is 19.4 Å². The van der Waals surface area contributed by atoms with Crippen molar-refractivity contribution >= 4 is 17.6 Å². The summed E-state index contributed by atoms with van der Waals surface area (Å²) in [7, 11) is 1.46. The minimum absolute atomic E-state index is 0.0343. The second kappa shape index (κ2) is 6.50. The molecule has 0 spiro atoms.